The Morgan fingerprint density at radius 3 is 2.42 bits per heavy atom. The summed E-state index contributed by atoms with van der Waals surface area (Å²) in [6.45, 7) is 3.05. The van der Waals surface area contributed by atoms with Gasteiger partial charge in [0.2, 0.25) is 10.0 Å². The molecule has 0 aliphatic carbocycles. The largest absolute Gasteiger partial charge is 0.384 e. The Hall–Kier alpha value is -2.12. The number of anilines is 2. The van der Waals surface area contributed by atoms with Gasteiger partial charge in [-0.15, -0.1) is 0 Å². The van der Waals surface area contributed by atoms with Crippen LogP contribution in [0.15, 0.2) is 47.4 Å². The summed E-state index contributed by atoms with van der Waals surface area (Å²) in [6.07, 6.45) is 0. The first-order valence-corrected chi connectivity index (χ1v) is 9.07. The van der Waals surface area contributed by atoms with Crippen LogP contribution >= 0.6 is 0 Å². The summed E-state index contributed by atoms with van der Waals surface area (Å²) >= 11 is 0. The first-order chi connectivity index (χ1) is 11.3. The second kappa shape index (κ2) is 7.63. The van der Waals surface area contributed by atoms with Gasteiger partial charge in [0.1, 0.15) is 5.82 Å². The summed E-state index contributed by atoms with van der Waals surface area (Å²) in [5, 5.41) is 6.37. The molecule has 0 spiro atoms. The Morgan fingerprint density at radius 2 is 1.79 bits per heavy atom. The molecule has 0 radical (unpaired) electrons. The van der Waals surface area contributed by atoms with Crippen molar-refractivity contribution in [2.24, 2.45) is 0 Å². The van der Waals surface area contributed by atoms with Crippen molar-refractivity contribution in [3.63, 3.8) is 0 Å². The Bertz CT molecular complexity index is 807. The molecular weight excluding hydrogens is 329 g/mol. The summed E-state index contributed by atoms with van der Waals surface area (Å²) < 4.78 is 39.1. The van der Waals surface area contributed by atoms with Crippen LogP contribution in [0.1, 0.15) is 12.5 Å². The smallest absolute Gasteiger partial charge is 0.242 e. The monoisotopic (exact) mass is 351 g/mol. The van der Waals surface area contributed by atoms with Gasteiger partial charge in [-0.25, -0.2) is 17.1 Å². The highest BCUT2D eigenvalue weighted by Gasteiger charge is 2.18. The molecule has 0 unspecified atom stereocenters. The molecule has 0 atom stereocenters. The first-order valence-electron chi connectivity index (χ1n) is 7.63. The number of benzene rings is 2. The molecular formula is C17H22FN3O2S. The van der Waals surface area contributed by atoms with Crippen LogP contribution in [0.25, 0.3) is 0 Å². The molecule has 0 aliphatic rings. The molecule has 24 heavy (non-hydrogen) atoms. The van der Waals surface area contributed by atoms with Crippen molar-refractivity contribution in [2.45, 2.75) is 18.4 Å². The van der Waals surface area contributed by atoms with Crippen molar-refractivity contribution in [3.8, 4) is 0 Å². The maximum Gasteiger partial charge on any atom is 0.242 e. The van der Waals surface area contributed by atoms with E-state index in [1.807, 2.05) is 13.0 Å². The summed E-state index contributed by atoms with van der Waals surface area (Å²) in [6, 6.07) is 11.2. The lowest BCUT2D eigenvalue weighted by Gasteiger charge is -2.17. The Kier molecular flexibility index (Phi) is 5.80. The average molecular weight is 351 g/mol. The molecule has 2 N–H and O–H groups in total. The van der Waals surface area contributed by atoms with Crippen LogP contribution in [0, 0.1) is 5.82 Å². The summed E-state index contributed by atoms with van der Waals surface area (Å²) in [5.74, 6) is -0.301. The van der Waals surface area contributed by atoms with Crippen molar-refractivity contribution in [2.75, 3.05) is 31.3 Å². The summed E-state index contributed by atoms with van der Waals surface area (Å²) in [4.78, 5) is 0.205. The van der Waals surface area contributed by atoms with Gasteiger partial charge in [-0.05, 0) is 42.8 Å². The molecule has 2 rings (SSSR count). The topological polar surface area (TPSA) is 61.4 Å². The average Bonchev–Trinajstić information content (AvgIpc) is 2.54. The second-order valence-electron chi connectivity index (χ2n) is 5.51. The molecule has 7 heteroatoms. The van der Waals surface area contributed by atoms with E-state index in [-0.39, 0.29) is 10.7 Å². The number of hydrogen-bond acceptors (Lipinski definition) is 4. The normalized spacial score (nSPS) is 11.5. The summed E-state index contributed by atoms with van der Waals surface area (Å²) in [5.41, 5.74) is 2.23. The van der Waals surface area contributed by atoms with Gasteiger partial charge in [0.05, 0.1) is 16.3 Å². The zero-order chi connectivity index (χ0) is 17.7. The van der Waals surface area contributed by atoms with Gasteiger partial charge in [0, 0.05) is 27.2 Å². The molecule has 0 saturated heterocycles. The molecule has 0 saturated carbocycles. The molecule has 2 aromatic rings. The minimum absolute atomic E-state index is 0.205. The maximum atomic E-state index is 13.3. The molecule has 2 aromatic carbocycles. The number of hydrogen-bond donors (Lipinski definition) is 2. The third kappa shape index (κ3) is 4.24. The van der Waals surface area contributed by atoms with Gasteiger partial charge >= 0.3 is 0 Å². The fraction of sp³-hybridized carbons (Fsp3) is 0.294. The van der Waals surface area contributed by atoms with Crippen LogP contribution < -0.4 is 10.6 Å². The highest BCUT2D eigenvalue weighted by molar-refractivity contribution is 7.89. The van der Waals surface area contributed by atoms with E-state index in [1.54, 1.807) is 24.3 Å². The number of sulfonamides is 1. The fourth-order valence-corrected chi connectivity index (χ4v) is 3.16. The van der Waals surface area contributed by atoms with E-state index in [2.05, 4.69) is 10.6 Å². The van der Waals surface area contributed by atoms with E-state index >= 15 is 0 Å². The number of halogens is 1. The van der Waals surface area contributed by atoms with Crippen molar-refractivity contribution in [1.29, 1.82) is 0 Å². The van der Waals surface area contributed by atoms with E-state index in [4.69, 9.17) is 0 Å². The molecule has 0 amide bonds. The highest BCUT2D eigenvalue weighted by Crippen LogP contribution is 2.27. The van der Waals surface area contributed by atoms with Crippen LogP contribution in [-0.4, -0.2) is 33.4 Å². The molecule has 0 aliphatic heterocycles. The zero-order valence-electron chi connectivity index (χ0n) is 14.0. The minimum atomic E-state index is -3.52. The van der Waals surface area contributed by atoms with Crippen LogP contribution in [0.2, 0.25) is 0 Å². The van der Waals surface area contributed by atoms with Crippen LogP contribution in [0.4, 0.5) is 15.8 Å². The molecule has 5 nitrogen and oxygen atoms in total. The van der Waals surface area contributed by atoms with E-state index in [0.717, 1.165) is 11.3 Å². The molecule has 0 heterocycles. The molecule has 0 fully saturated rings. The van der Waals surface area contributed by atoms with Crippen molar-refractivity contribution >= 4 is 21.4 Å². The van der Waals surface area contributed by atoms with Gasteiger partial charge in [0.15, 0.2) is 0 Å². The number of rotatable bonds is 7. The Labute approximate surface area is 142 Å². The van der Waals surface area contributed by atoms with Crippen LogP contribution in [-0.2, 0) is 16.6 Å². The van der Waals surface area contributed by atoms with Crippen molar-refractivity contribution < 1.29 is 12.8 Å². The van der Waals surface area contributed by atoms with Crippen LogP contribution in [0.3, 0.4) is 0 Å². The van der Waals surface area contributed by atoms with Gasteiger partial charge in [-0.2, -0.15) is 0 Å². The Balaban J connectivity index is 2.31. The minimum Gasteiger partial charge on any atom is -0.384 e. The number of nitrogens with one attached hydrogen (secondary N) is 2. The molecule has 130 valence electrons. The van der Waals surface area contributed by atoms with E-state index < -0.39 is 10.0 Å². The maximum absolute atomic E-state index is 13.3. The lowest BCUT2D eigenvalue weighted by molar-refractivity contribution is 0.521. The SMILES string of the molecule is CCNc1ccc(S(=O)(=O)N(C)C)cc1NCc1cccc(F)c1. The van der Waals surface area contributed by atoms with Crippen molar-refractivity contribution in [1.82, 2.24) is 4.31 Å². The van der Waals surface area contributed by atoms with Gasteiger partial charge in [-0.3, -0.25) is 0 Å². The van der Waals surface area contributed by atoms with E-state index in [1.165, 1.54) is 30.5 Å². The van der Waals surface area contributed by atoms with Gasteiger partial charge in [0.25, 0.3) is 0 Å². The van der Waals surface area contributed by atoms with Crippen molar-refractivity contribution in [3.05, 3.63) is 53.8 Å². The third-order valence-electron chi connectivity index (χ3n) is 3.51. The quantitative estimate of drug-likeness (QED) is 0.805. The van der Waals surface area contributed by atoms with E-state index in [9.17, 15) is 12.8 Å². The Morgan fingerprint density at radius 1 is 1.04 bits per heavy atom. The third-order valence-corrected chi connectivity index (χ3v) is 5.32. The fourth-order valence-electron chi connectivity index (χ4n) is 2.23. The van der Waals surface area contributed by atoms with Gasteiger partial charge < -0.3 is 10.6 Å². The van der Waals surface area contributed by atoms with Crippen LogP contribution in [0.5, 0.6) is 0 Å². The standard InChI is InChI=1S/C17H22FN3O2S/c1-4-19-16-9-8-15(24(22,23)21(2)3)11-17(16)20-12-13-6-5-7-14(18)10-13/h5-11,19-20H,4,12H2,1-3H3. The molecule has 0 bridgehead atoms. The van der Waals surface area contributed by atoms with E-state index in [0.29, 0.717) is 18.8 Å². The highest BCUT2D eigenvalue weighted by atomic mass is 32.2. The molecule has 0 aromatic heterocycles. The predicted molar refractivity (Wildman–Crippen MR) is 95.2 cm³/mol. The first kappa shape index (κ1) is 18.2. The lowest BCUT2D eigenvalue weighted by Crippen LogP contribution is -2.22. The zero-order valence-corrected chi connectivity index (χ0v) is 14.8. The summed E-state index contributed by atoms with van der Waals surface area (Å²) in [7, 11) is -0.528. The second-order valence-corrected chi connectivity index (χ2v) is 7.66. The van der Waals surface area contributed by atoms with Gasteiger partial charge in [-0.1, -0.05) is 12.1 Å². The number of nitrogens with zero attached hydrogens (tertiary/aromatic N) is 1. The predicted octanol–water partition coefficient (Wildman–Crippen LogP) is 3.12. The lowest BCUT2D eigenvalue weighted by atomic mass is 10.2.